The van der Waals surface area contributed by atoms with Gasteiger partial charge in [-0.25, -0.2) is 4.98 Å². The van der Waals surface area contributed by atoms with E-state index in [4.69, 9.17) is 11.5 Å². The molecule has 3 amide bonds. The Kier molecular flexibility index (Phi) is 8.93. The summed E-state index contributed by atoms with van der Waals surface area (Å²) < 4.78 is 0. The molecule has 2 saturated carbocycles. The summed E-state index contributed by atoms with van der Waals surface area (Å²) in [6, 6.07) is 16.5. The molecule has 2 aromatic carbocycles. The number of hydrogen-bond acceptors (Lipinski definition) is 6. The van der Waals surface area contributed by atoms with Gasteiger partial charge in [-0.2, -0.15) is 5.10 Å². The molecule has 6 rings (SSSR count). The summed E-state index contributed by atoms with van der Waals surface area (Å²) in [7, 11) is 0. The highest BCUT2D eigenvalue weighted by Gasteiger charge is 2.36. The van der Waals surface area contributed by atoms with E-state index in [2.05, 4.69) is 20.5 Å². The normalized spacial score (nSPS) is 19.1. The molecular formula is C35H41N7O3. The van der Waals surface area contributed by atoms with Crippen LogP contribution in [0.5, 0.6) is 0 Å². The van der Waals surface area contributed by atoms with E-state index >= 15 is 0 Å². The van der Waals surface area contributed by atoms with Gasteiger partial charge in [0, 0.05) is 40.7 Å². The standard InChI is InChI=1S/C35H41N7O3/c1-21-29(15-16-30(39-21)34(44)40-27-3-2-4-27)24-9-5-22(6-10-24)17-32(33(37)43)42(28-14-13-26-20-38-41-31(26)18-28)35(45)25-11-7-23(19-36)8-12-25/h5-6,9-10,13-16,18,20,23,25,27,32H,2-4,7-8,11-12,17,19,36H2,1H3,(H2,37,43)(H,38,41)(H,40,44)/t23?,25?,32-/m0/s1. The fourth-order valence-electron chi connectivity index (χ4n) is 6.54. The summed E-state index contributed by atoms with van der Waals surface area (Å²) >= 11 is 0. The van der Waals surface area contributed by atoms with E-state index in [-0.39, 0.29) is 30.2 Å². The van der Waals surface area contributed by atoms with Crippen LogP contribution >= 0.6 is 0 Å². The van der Waals surface area contributed by atoms with Gasteiger partial charge in [-0.15, -0.1) is 0 Å². The van der Waals surface area contributed by atoms with Gasteiger partial charge in [-0.3, -0.25) is 24.4 Å². The molecule has 10 heteroatoms. The van der Waals surface area contributed by atoms with Gasteiger partial charge in [0.2, 0.25) is 11.8 Å². The Bertz CT molecular complexity index is 1690. The summed E-state index contributed by atoms with van der Waals surface area (Å²) in [4.78, 5) is 46.0. The summed E-state index contributed by atoms with van der Waals surface area (Å²) in [5, 5.41) is 11.0. The number of aromatic nitrogens is 3. The van der Waals surface area contributed by atoms with Crippen molar-refractivity contribution in [3.8, 4) is 11.1 Å². The van der Waals surface area contributed by atoms with Gasteiger partial charge in [-0.05, 0) is 99.7 Å². The van der Waals surface area contributed by atoms with Crippen molar-refractivity contribution in [3.05, 3.63) is 77.7 Å². The van der Waals surface area contributed by atoms with Crippen molar-refractivity contribution >= 4 is 34.3 Å². The number of amides is 3. The maximum Gasteiger partial charge on any atom is 0.270 e. The maximum absolute atomic E-state index is 14.2. The van der Waals surface area contributed by atoms with E-state index in [1.165, 1.54) is 0 Å². The minimum absolute atomic E-state index is 0.0899. The van der Waals surface area contributed by atoms with E-state index in [1.54, 1.807) is 17.2 Å². The van der Waals surface area contributed by atoms with Crippen LogP contribution in [0.2, 0.25) is 0 Å². The first-order valence-corrected chi connectivity index (χ1v) is 15.9. The average Bonchev–Trinajstić information content (AvgIpc) is 3.51. The molecule has 2 aliphatic rings. The first-order chi connectivity index (χ1) is 21.8. The Morgan fingerprint density at radius 1 is 1.00 bits per heavy atom. The van der Waals surface area contributed by atoms with Gasteiger partial charge >= 0.3 is 0 Å². The van der Waals surface area contributed by atoms with Crippen LogP contribution in [0.1, 0.15) is 66.7 Å². The minimum atomic E-state index is -0.882. The molecule has 0 unspecified atom stereocenters. The van der Waals surface area contributed by atoms with Crippen LogP contribution in [0.3, 0.4) is 0 Å². The van der Waals surface area contributed by atoms with E-state index in [9.17, 15) is 14.4 Å². The number of anilines is 1. The number of H-pyrrole nitrogens is 1. The lowest BCUT2D eigenvalue weighted by molar-refractivity contribution is -0.127. The third kappa shape index (κ3) is 6.61. The van der Waals surface area contributed by atoms with Crippen LogP contribution in [0.4, 0.5) is 5.69 Å². The minimum Gasteiger partial charge on any atom is -0.368 e. The fourth-order valence-corrected chi connectivity index (χ4v) is 6.54. The van der Waals surface area contributed by atoms with Gasteiger partial charge < -0.3 is 16.8 Å². The van der Waals surface area contributed by atoms with Crippen LogP contribution in [0.15, 0.2) is 60.8 Å². The predicted molar refractivity (Wildman–Crippen MR) is 174 cm³/mol. The molecule has 234 valence electrons. The first-order valence-electron chi connectivity index (χ1n) is 15.9. The molecule has 45 heavy (non-hydrogen) atoms. The highest BCUT2D eigenvalue weighted by atomic mass is 16.2. The Labute approximate surface area is 263 Å². The monoisotopic (exact) mass is 607 g/mol. The van der Waals surface area contributed by atoms with Gasteiger partial charge in [0.05, 0.1) is 11.7 Å². The second-order valence-corrected chi connectivity index (χ2v) is 12.6. The largest absolute Gasteiger partial charge is 0.368 e. The van der Waals surface area contributed by atoms with Crippen LogP contribution in [-0.2, 0) is 16.0 Å². The number of aryl methyl sites for hydroxylation is 1. The third-order valence-electron chi connectivity index (χ3n) is 9.56. The van der Waals surface area contributed by atoms with Crippen molar-refractivity contribution in [1.29, 1.82) is 0 Å². The number of nitrogens with one attached hydrogen (secondary N) is 2. The Morgan fingerprint density at radius 2 is 1.76 bits per heavy atom. The lowest BCUT2D eigenvalue weighted by atomic mass is 9.81. The number of carbonyl (C=O) groups excluding carboxylic acids is 3. The van der Waals surface area contributed by atoms with Gasteiger partial charge in [0.25, 0.3) is 5.91 Å². The molecule has 10 nitrogen and oxygen atoms in total. The molecule has 2 heterocycles. The Hall–Kier alpha value is -4.57. The van der Waals surface area contributed by atoms with Crippen molar-refractivity contribution in [2.24, 2.45) is 23.3 Å². The number of hydrogen-bond donors (Lipinski definition) is 4. The van der Waals surface area contributed by atoms with Gasteiger partial charge in [-0.1, -0.05) is 30.3 Å². The van der Waals surface area contributed by atoms with Gasteiger partial charge in [0.15, 0.2) is 0 Å². The lowest BCUT2D eigenvalue weighted by Crippen LogP contribution is -2.52. The van der Waals surface area contributed by atoms with Crippen LogP contribution in [0, 0.1) is 18.8 Å². The molecular weight excluding hydrogens is 566 g/mol. The Morgan fingerprint density at radius 3 is 2.40 bits per heavy atom. The van der Waals surface area contributed by atoms with Crippen molar-refractivity contribution < 1.29 is 14.4 Å². The highest BCUT2D eigenvalue weighted by molar-refractivity contribution is 6.03. The second-order valence-electron chi connectivity index (χ2n) is 12.6. The number of nitrogens with two attached hydrogens (primary N) is 2. The maximum atomic E-state index is 14.2. The zero-order valence-corrected chi connectivity index (χ0v) is 25.7. The molecule has 0 spiro atoms. The molecule has 0 aliphatic heterocycles. The number of benzene rings is 2. The molecule has 2 fully saturated rings. The zero-order chi connectivity index (χ0) is 31.5. The second kappa shape index (κ2) is 13.2. The Balaban J connectivity index is 1.24. The topological polar surface area (TPSA) is 160 Å². The van der Waals surface area contributed by atoms with Crippen molar-refractivity contribution in [2.75, 3.05) is 11.4 Å². The number of carbonyl (C=O) groups is 3. The highest BCUT2D eigenvalue weighted by Crippen LogP contribution is 2.33. The quantitative estimate of drug-likeness (QED) is 0.209. The van der Waals surface area contributed by atoms with E-state index in [0.29, 0.717) is 23.8 Å². The molecule has 0 bridgehead atoms. The summed E-state index contributed by atoms with van der Waals surface area (Å²) in [5.74, 6) is -0.575. The van der Waals surface area contributed by atoms with Crippen LogP contribution in [-0.4, -0.2) is 51.5 Å². The van der Waals surface area contributed by atoms with E-state index in [1.807, 2.05) is 55.5 Å². The number of pyridine rings is 1. The van der Waals surface area contributed by atoms with Crippen LogP contribution < -0.4 is 21.7 Å². The third-order valence-corrected chi connectivity index (χ3v) is 9.56. The van der Waals surface area contributed by atoms with E-state index < -0.39 is 11.9 Å². The SMILES string of the molecule is Cc1nc(C(=O)NC2CCC2)ccc1-c1ccc(C[C@@H](C(N)=O)N(C(=O)C2CCC(CN)CC2)c2ccc3cn[nH]c3c2)cc1. The first kappa shape index (κ1) is 30.5. The molecule has 4 aromatic rings. The van der Waals surface area contributed by atoms with Crippen LogP contribution in [0.25, 0.3) is 22.0 Å². The molecule has 0 saturated heterocycles. The average molecular weight is 608 g/mol. The summed E-state index contributed by atoms with van der Waals surface area (Å²) in [5.41, 5.74) is 17.2. The number of rotatable bonds is 10. The van der Waals surface area contributed by atoms with E-state index in [0.717, 1.165) is 78.2 Å². The number of fused-ring (bicyclic) bond motifs is 1. The van der Waals surface area contributed by atoms with Crippen molar-refractivity contribution in [3.63, 3.8) is 0 Å². The number of nitrogens with zero attached hydrogens (tertiary/aromatic N) is 3. The molecule has 2 aliphatic carbocycles. The fraction of sp³-hybridized carbons (Fsp3) is 0.400. The number of primary amides is 1. The predicted octanol–water partition coefficient (Wildman–Crippen LogP) is 4.41. The molecule has 2 aromatic heterocycles. The van der Waals surface area contributed by atoms with Crippen molar-refractivity contribution in [2.45, 2.75) is 70.4 Å². The molecule has 1 atom stereocenters. The summed E-state index contributed by atoms with van der Waals surface area (Å²) in [6.07, 6.45) is 8.43. The summed E-state index contributed by atoms with van der Waals surface area (Å²) in [6.45, 7) is 2.52. The molecule has 6 N–H and O–H groups in total. The lowest BCUT2D eigenvalue weighted by Gasteiger charge is -2.35. The van der Waals surface area contributed by atoms with Crippen molar-refractivity contribution in [1.82, 2.24) is 20.5 Å². The molecule has 0 radical (unpaired) electrons. The van der Waals surface area contributed by atoms with Gasteiger partial charge in [0.1, 0.15) is 11.7 Å². The smallest absolute Gasteiger partial charge is 0.270 e. The zero-order valence-electron chi connectivity index (χ0n) is 25.7. The number of aromatic amines is 1.